The monoisotopic (exact) mass is 290 g/mol. The standard InChI is InChI=1S/C12H14N6O3/c13-10-9-11(16-12-14-1-2-17(10)12)18(5-15-9)8-3-6(20)7(4-19)21-8/h1-2,5-8,19-20H,3-4,13H2. The molecule has 1 aliphatic rings. The summed E-state index contributed by atoms with van der Waals surface area (Å²) < 4.78 is 8.98. The van der Waals surface area contributed by atoms with Gasteiger partial charge < -0.3 is 20.7 Å². The molecule has 0 saturated carbocycles. The van der Waals surface area contributed by atoms with Gasteiger partial charge in [-0.3, -0.25) is 8.97 Å². The summed E-state index contributed by atoms with van der Waals surface area (Å²) in [5.41, 5.74) is 7.16. The van der Waals surface area contributed by atoms with E-state index in [9.17, 15) is 5.11 Å². The van der Waals surface area contributed by atoms with Crippen molar-refractivity contribution in [2.45, 2.75) is 24.9 Å². The molecule has 21 heavy (non-hydrogen) atoms. The van der Waals surface area contributed by atoms with Gasteiger partial charge in [0.2, 0.25) is 5.78 Å². The fourth-order valence-electron chi connectivity index (χ4n) is 2.68. The highest BCUT2D eigenvalue weighted by atomic mass is 16.5. The van der Waals surface area contributed by atoms with Crippen molar-refractivity contribution in [3.8, 4) is 0 Å². The molecular formula is C12H14N6O3. The van der Waals surface area contributed by atoms with Crippen LogP contribution in [0.5, 0.6) is 0 Å². The van der Waals surface area contributed by atoms with Crippen LogP contribution in [0.4, 0.5) is 5.82 Å². The highest BCUT2D eigenvalue weighted by Crippen LogP contribution is 2.31. The molecule has 9 nitrogen and oxygen atoms in total. The predicted molar refractivity (Wildman–Crippen MR) is 72.3 cm³/mol. The largest absolute Gasteiger partial charge is 0.394 e. The SMILES string of the molecule is Nc1c2ncn(C3CC(O)C(CO)O3)c2nc2nccn12. The summed E-state index contributed by atoms with van der Waals surface area (Å²) in [6.07, 6.45) is 3.51. The molecule has 110 valence electrons. The molecule has 0 radical (unpaired) electrons. The fraction of sp³-hybridized carbons (Fsp3) is 0.417. The number of nitrogens with zero attached hydrogens (tertiary/aromatic N) is 5. The zero-order valence-corrected chi connectivity index (χ0v) is 11.0. The summed E-state index contributed by atoms with van der Waals surface area (Å²) in [7, 11) is 0. The van der Waals surface area contributed by atoms with Gasteiger partial charge in [-0.1, -0.05) is 0 Å². The van der Waals surface area contributed by atoms with Crippen LogP contribution in [0, 0.1) is 0 Å². The summed E-state index contributed by atoms with van der Waals surface area (Å²) in [6, 6.07) is 0. The molecule has 3 atom stereocenters. The van der Waals surface area contributed by atoms with Crippen molar-refractivity contribution in [1.82, 2.24) is 23.9 Å². The normalized spacial score (nSPS) is 26.1. The van der Waals surface area contributed by atoms with Gasteiger partial charge in [0.15, 0.2) is 5.65 Å². The summed E-state index contributed by atoms with van der Waals surface area (Å²) in [6.45, 7) is -0.232. The number of nitrogen functional groups attached to an aromatic ring is 1. The van der Waals surface area contributed by atoms with Crippen LogP contribution in [0.25, 0.3) is 16.9 Å². The summed E-state index contributed by atoms with van der Waals surface area (Å²) in [5, 5.41) is 19.0. The molecular weight excluding hydrogens is 276 g/mol. The third-order valence-electron chi connectivity index (χ3n) is 3.79. The van der Waals surface area contributed by atoms with Gasteiger partial charge in [-0.25, -0.2) is 9.97 Å². The van der Waals surface area contributed by atoms with E-state index in [4.69, 9.17) is 15.6 Å². The number of hydrogen-bond donors (Lipinski definition) is 3. The number of aliphatic hydroxyl groups is 2. The maximum Gasteiger partial charge on any atom is 0.237 e. The molecule has 1 saturated heterocycles. The second kappa shape index (κ2) is 4.38. The second-order valence-electron chi connectivity index (χ2n) is 5.03. The highest BCUT2D eigenvalue weighted by Gasteiger charge is 2.35. The number of aromatic nitrogens is 5. The molecule has 4 heterocycles. The van der Waals surface area contributed by atoms with Crippen LogP contribution >= 0.6 is 0 Å². The van der Waals surface area contributed by atoms with E-state index in [1.165, 1.54) is 0 Å². The van der Waals surface area contributed by atoms with Crippen molar-refractivity contribution >= 4 is 22.8 Å². The average Bonchev–Trinajstić information content (AvgIpc) is 3.16. The summed E-state index contributed by atoms with van der Waals surface area (Å²) >= 11 is 0. The van der Waals surface area contributed by atoms with E-state index in [0.717, 1.165) is 0 Å². The Labute approximate surface area is 118 Å². The van der Waals surface area contributed by atoms with Crippen LogP contribution in [0.1, 0.15) is 12.6 Å². The lowest BCUT2D eigenvalue weighted by molar-refractivity contribution is -0.0432. The van der Waals surface area contributed by atoms with E-state index in [1.54, 1.807) is 27.7 Å². The Morgan fingerprint density at radius 3 is 3.05 bits per heavy atom. The Bertz CT molecular complexity index is 812. The molecule has 3 unspecified atom stereocenters. The van der Waals surface area contributed by atoms with E-state index in [1.807, 2.05) is 0 Å². The molecule has 0 aromatic carbocycles. The van der Waals surface area contributed by atoms with Crippen molar-refractivity contribution in [3.05, 3.63) is 18.7 Å². The number of imidazole rings is 2. The van der Waals surface area contributed by atoms with Crippen LogP contribution in [-0.2, 0) is 4.74 Å². The average molecular weight is 290 g/mol. The highest BCUT2D eigenvalue weighted by molar-refractivity contribution is 5.84. The number of rotatable bonds is 2. The van der Waals surface area contributed by atoms with Crippen molar-refractivity contribution in [3.63, 3.8) is 0 Å². The fourth-order valence-corrected chi connectivity index (χ4v) is 2.68. The third kappa shape index (κ3) is 1.71. The first-order chi connectivity index (χ1) is 10.2. The molecule has 4 N–H and O–H groups in total. The molecule has 3 aromatic heterocycles. The van der Waals surface area contributed by atoms with Crippen LogP contribution in [0.2, 0.25) is 0 Å². The molecule has 1 aliphatic heterocycles. The lowest BCUT2D eigenvalue weighted by Gasteiger charge is -2.13. The van der Waals surface area contributed by atoms with Crippen LogP contribution in [0.3, 0.4) is 0 Å². The van der Waals surface area contributed by atoms with Crippen molar-refractivity contribution < 1.29 is 14.9 Å². The van der Waals surface area contributed by atoms with Gasteiger partial charge in [-0.05, 0) is 0 Å². The Kier molecular flexibility index (Phi) is 2.61. The molecule has 4 rings (SSSR count). The molecule has 0 bridgehead atoms. The predicted octanol–water partition coefficient (Wildman–Crippen LogP) is -0.698. The topological polar surface area (TPSA) is 124 Å². The van der Waals surface area contributed by atoms with E-state index in [2.05, 4.69) is 15.0 Å². The smallest absolute Gasteiger partial charge is 0.237 e. The molecule has 0 aliphatic carbocycles. The Hall–Kier alpha value is -2.23. The maximum absolute atomic E-state index is 9.84. The van der Waals surface area contributed by atoms with E-state index in [-0.39, 0.29) is 6.61 Å². The Morgan fingerprint density at radius 1 is 1.43 bits per heavy atom. The maximum atomic E-state index is 9.84. The number of ether oxygens (including phenoxy) is 1. The number of nitrogens with two attached hydrogens (primary N) is 1. The Morgan fingerprint density at radius 2 is 2.29 bits per heavy atom. The lowest BCUT2D eigenvalue weighted by atomic mass is 10.2. The number of hydrogen-bond acceptors (Lipinski definition) is 7. The van der Waals surface area contributed by atoms with Gasteiger partial charge in [-0.15, -0.1) is 0 Å². The summed E-state index contributed by atoms with van der Waals surface area (Å²) in [5.74, 6) is 0.919. The minimum absolute atomic E-state index is 0.232. The third-order valence-corrected chi connectivity index (χ3v) is 3.79. The second-order valence-corrected chi connectivity index (χ2v) is 5.03. The van der Waals surface area contributed by atoms with Gasteiger partial charge in [0.05, 0.1) is 19.0 Å². The van der Waals surface area contributed by atoms with Crippen LogP contribution in [0.15, 0.2) is 18.7 Å². The van der Waals surface area contributed by atoms with Gasteiger partial charge >= 0.3 is 0 Å². The van der Waals surface area contributed by atoms with E-state index in [0.29, 0.717) is 29.2 Å². The number of aliphatic hydroxyl groups excluding tert-OH is 2. The van der Waals surface area contributed by atoms with Gasteiger partial charge in [0.1, 0.15) is 23.7 Å². The number of anilines is 1. The van der Waals surface area contributed by atoms with Gasteiger partial charge in [0, 0.05) is 18.8 Å². The van der Waals surface area contributed by atoms with E-state index < -0.39 is 18.4 Å². The lowest BCUT2D eigenvalue weighted by Crippen LogP contribution is -2.24. The molecule has 1 fully saturated rings. The minimum Gasteiger partial charge on any atom is -0.394 e. The van der Waals surface area contributed by atoms with Crippen LogP contribution in [-0.4, -0.2) is 52.9 Å². The van der Waals surface area contributed by atoms with Crippen molar-refractivity contribution in [2.24, 2.45) is 0 Å². The van der Waals surface area contributed by atoms with Crippen LogP contribution < -0.4 is 5.73 Å². The first-order valence-corrected chi connectivity index (χ1v) is 6.58. The first-order valence-electron chi connectivity index (χ1n) is 6.58. The zero-order valence-electron chi connectivity index (χ0n) is 11.0. The summed E-state index contributed by atoms with van der Waals surface area (Å²) in [4.78, 5) is 12.8. The van der Waals surface area contributed by atoms with Crippen molar-refractivity contribution in [1.29, 1.82) is 0 Å². The van der Waals surface area contributed by atoms with Gasteiger partial charge in [0.25, 0.3) is 0 Å². The molecule has 0 spiro atoms. The zero-order chi connectivity index (χ0) is 14.6. The number of fused-ring (bicyclic) bond motifs is 2. The van der Waals surface area contributed by atoms with Gasteiger partial charge in [-0.2, -0.15) is 4.98 Å². The Balaban J connectivity index is 1.85. The van der Waals surface area contributed by atoms with E-state index >= 15 is 0 Å². The minimum atomic E-state index is -0.718. The quantitative estimate of drug-likeness (QED) is 0.570. The van der Waals surface area contributed by atoms with Crippen molar-refractivity contribution in [2.75, 3.05) is 12.3 Å². The molecule has 0 amide bonds. The molecule has 3 aromatic rings. The first kappa shape index (κ1) is 12.5. The molecule has 9 heteroatoms.